The molecule has 1 aromatic carbocycles. The number of halogens is 3. The minimum absolute atomic E-state index is 0.444. The van der Waals surface area contributed by atoms with Crippen molar-refractivity contribution in [2.24, 2.45) is 0 Å². The Morgan fingerprint density at radius 3 is 2.36 bits per heavy atom. The minimum Gasteiger partial charge on any atom is -0.315 e. The van der Waals surface area contributed by atoms with Gasteiger partial charge in [0.1, 0.15) is 0 Å². The van der Waals surface area contributed by atoms with Crippen molar-refractivity contribution in [3.05, 3.63) is 57.8 Å². The van der Waals surface area contributed by atoms with Gasteiger partial charge in [-0.1, -0.05) is 31.2 Å². The third kappa shape index (κ3) is 5.30. The highest BCUT2D eigenvalue weighted by molar-refractivity contribution is 7.10. The molecule has 138 valence electrons. The maximum Gasteiger partial charge on any atom is 0.416 e. The highest BCUT2D eigenvalue weighted by atomic mass is 32.1. The number of benzene rings is 1. The molecular formula is C19H25F3N2S. The topological polar surface area (TPSA) is 15.3 Å². The maximum absolute atomic E-state index is 13.1. The van der Waals surface area contributed by atoms with Gasteiger partial charge in [-0.05, 0) is 50.1 Å². The quantitative estimate of drug-likeness (QED) is 0.683. The average molecular weight is 370 g/mol. The highest BCUT2D eigenvalue weighted by Crippen LogP contribution is 2.40. The summed E-state index contributed by atoms with van der Waals surface area (Å²) in [6, 6.07) is 9.68. The normalized spacial score (nSPS) is 14.7. The van der Waals surface area contributed by atoms with Crippen LogP contribution in [0.2, 0.25) is 0 Å². The van der Waals surface area contributed by atoms with Gasteiger partial charge in [-0.25, -0.2) is 0 Å². The molecule has 6 heteroatoms. The van der Waals surface area contributed by atoms with Crippen molar-refractivity contribution in [1.29, 1.82) is 0 Å². The van der Waals surface area contributed by atoms with Crippen LogP contribution in [-0.2, 0) is 11.6 Å². The molecular weight excluding hydrogens is 345 g/mol. The van der Waals surface area contributed by atoms with E-state index in [1.807, 2.05) is 38.5 Å². The number of alkyl halides is 3. The summed E-state index contributed by atoms with van der Waals surface area (Å²) in [6.45, 7) is 4.57. The summed E-state index contributed by atoms with van der Waals surface area (Å²) in [6.07, 6.45) is -3.58. The van der Waals surface area contributed by atoms with Crippen LogP contribution in [0.3, 0.4) is 0 Å². The lowest BCUT2D eigenvalue weighted by molar-refractivity contribution is -0.137. The van der Waals surface area contributed by atoms with Gasteiger partial charge >= 0.3 is 6.18 Å². The van der Waals surface area contributed by atoms with Crippen LogP contribution in [0.1, 0.15) is 29.3 Å². The number of likely N-dealkylation sites (N-methyl/N-ethyl adjacent to an activating group) is 1. The molecule has 1 heterocycles. The summed E-state index contributed by atoms with van der Waals surface area (Å²) < 4.78 is 39.3. The molecule has 1 atom stereocenters. The second kappa shape index (κ2) is 8.34. The number of rotatable bonds is 8. The van der Waals surface area contributed by atoms with Crippen LogP contribution in [-0.4, -0.2) is 38.6 Å². The monoisotopic (exact) mass is 370 g/mol. The van der Waals surface area contributed by atoms with Crippen LogP contribution in [0.4, 0.5) is 13.2 Å². The zero-order valence-corrected chi connectivity index (χ0v) is 15.7. The molecule has 0 spiro atoms. The van der Waals surface area contributed by atoms with Crippen molar-refractivity contribution in [1.82, 2.24) is 10.2 Å². The molecule has 0 aliphatic rings. The summed E-state index contributed by atoms with van der Waals surface area (Å²) in [5.74, 6) is 0. The Hall–Kier alpha value is -1.37. The Morgan fingerprint density at radius 1 is 1.04 bits per heavy atom. The Bertz CT molecular complexity index is 653. The van der Waals surface area contributed by atoms with Crippen LogP contribution < -0.4 is 5.32 Å². The number of hydrogen-bond acceptors (Lipinski definition) is 3. The van der Waals surface area contributed by atoms with Gasteiger partial charge in [0.2, 0.25) is 0 Å². The van der Waals surface area contributed by atoms with Gasteiger partial charge in [-0.2, -0.15) is 13.2 Å². The van der Waals surface area contributed by atoms with E-state index in [-0.39, 0.29) is 0 Å². The van der Waals surface area contributed by atoms with E-state index < -0.39 is 17.2 Å². The molecule has 0 radical (unpaired) electrons. The second-order valence-electron chi connectivity index (χ2n) is 6.69. The molecule has 0 fully saturated rings. The number of nitrogens with zero attached hydrogens (tertiary/aromatic N) is 1. The number of thiophene rings is 1. The standard InChI is InChI=1S/C19H25F3N2S/c1-18(17-8-5-13-25-17,9-10-23-11-12-24(2)3)15-6-4-7-16(14-15)19(20,21)22/h4-8,13-14,23H,9-12H2,1-3H3/t18-/m0/s1. The molecule has 2 rings (SSSR count). The molecule has 2 aromatic rings. The molecule has 0 unspecified atom stereocenters. The van der Waals surface area contributed by atoms with E-state index in [0.717, 1.165) is 37.0 Å². The zero-order valence-electron chi connectivity index (χ0n) is 14.9. The first-order valence-corrected chi connectivity index (χ1v) is 9.18. The largest absolute Gasteiger partial charge is 0.416 e. The van der Waals surface area contributed by atoms with E-state index in [1.54, 1.807) is 17.4 Å². The summed E-state index contributed by atoms with van der Waals surface area (Å²) in [7, 11) is 4.03. The fourth-order valence-corrected chi connectivity index (χ4v) is 3.75. The van der Waals surface area contributed by atoms with Crippen LogP contribution in [0.5, 0.6) is 0 Å². The van der Waals surface area contributed by atoms with Gasteiger partial charge in [0, 0.05) is 23.4 Å². The molecule has 0 saturated carbocycles. The van der Waals surface area contributed by atoms with Crippen molar-refractivity contribution < 1.29 is 13.2 Å². The van der Waals surface area contributed by atoms with Crippen molar-refractivity contribution in [3.8, 4) is 0 Å². The maximum atomic E-state index is 13.1. The fourth-order valence-electron chi connectivity index (χ4n) is 2.81. The van der Waals surface area contributed by atoms with Gasteiger partial charge in [0.05, 0.1) is 5.56 Å². The predicted octanol–water partition coefficient (Wildman–Crippen LogP) is 4.61. The third-order valence-corrected chi connectivity index (χ3v) is 5.56. The molecule has 1 aromatic heterocycles. The fraction of sp³-hybridized carbons (Fsp3) is 0.474. The van der Waals surface area contributed by atoms with E-state index in [2.05, 4.69) is 10.2 Å². The smallest absolute Gasteiger partial charge is 0.315 e. The van der Waals surface area contributed by atoms with Crippen LogP contribution >= 0.6 is 11.3 Å². The van der Waals surface area contributed by atoms with Gasteiger partial charge in [0.25, 0.3) is 0 Å². The van der Waals surface area contributed by atoms with Gasteiger partial charge in [0.15, 0.2) is 0 Å². The van der Waals surface area contributed by atoms with E-state index in [1.165, 1.54) is 12.1 Å². The lowest BCUT2D eigenvalue weighted by atomic mass is 9.77. The van der Waals surface area contributed by atoms with Gasteiger partial charge in [-0.15, -0.1) is 11.3 Å². The van der Waals surface area contributed by atoms with Gasteiger partial charge in [-0.3, -0.25) is 0 Å². The highest BCUT2D eigenvalue weighted by Gasteiger charge is 2.34. The first-order valence-electron chi connectivity index (χ1n) is 8.30. The average Bonchev–Trinajstić information content (AvgIpc) is 3.08. The molecule has 2 nitrogen and oxygen atoms in total. The Balaban J connectivity index is 2.22. The predicted molar refractivity (Wildman–Crippen MR) is 98.3 cm³/mol. The molecule has 0 saturated heterocycles. The van der Waals surface area contributed by atoms with E-state index >= 15 is 0 Å². The molecule has 1 N–H and O–H groups in total. The molecule has 25 heavy (non-hydrogen) atoms. The zero-order chi connectivity index (χ0) is 18.5. The Labute approximate surface area is 151 Å². The van der Waals surface area contributed by atoms with Gasteiger partial charge < -0.3 is 10.2 Å². The first kappa shape index (κ1) is 19.9. The summed E-state index contributed by atoms with van der Waals surface area (Å²) >= 11 is 1.59. The van der Waals surface area contributed by atoms with E-state index in [4.69, 9.17) is 0 Å². The summed E-state index contributed by atoms with van der Waals surface area (Å²) in [5.41, 5.74) is -0.326. The lowest BCUT2D eigenvalue weighted by Crippen LogP contribution is -2.32. The van der Waals surface area contributed by atoms with Crippen molar-refractivity contribution in [2.75, 3.05) is 33.7 Å². The molecule has 0 bridgehead atoms. The Kier molecular flexibility index (Phi) is 6.65. The van der Waals surface area contributed by atoms with E-state index in [0.29, 0.717) is 5.56 Å². The number of nitrogens with one attached hydrogen (secondary N) is 1. The van der Waals surface area contributed by atoms with Crippen LogP contribution in [0.15, 0.2) is 41.8 Å². The van der Waals surface area contributed by atoms with Crippen LogP contribution in [0.25, 0.3) is 0 Å². The second-order valence-corrected chi connectivity index (χ2v) is 7.64. The Morgan fingerprint density at radius 2 is 1.76 bits per heavy atom. The molecule has 0 amide bonds. The SMILES string of the molecule is CN(C)CCNCC[C@@](C)(c1cccc(C(F)(F)F)c1)c1cccs1. The van der Waals surface area contributed by atoms with Crippen LogP contribution in [0, 0.1) is 0 Å². The van der Waals surface area contributed by atoms with Crippen molar-refractivity contribution in [3.63, 3.8) is 0 Å². The summed E-state index contributed by atoms with van der Waals surface area (Å²) in [5, 5.41) is 5.36. The van der Waals surface area contributed by atoms with E-state index in [9.17, 15) is 13.2 Å². The third-order valence-electron chi connectivity index (χ3n) is 4.43. The number of hydrogen-bond donors (Lipinski definition) is 1. The van der Waals surface area contributed by atoms with Crippen molar-refractivity contribution in [2.45, 2.75) is 24.9 Å². The minimum atomic E-state index is -4.32. The molecule has 0 aliphatic heterocycles. The van der Waals surface area contributed by atoms with Crippen molar-refractivity contribution >= 4 is 11.3 Å². The summed E-state index contributed by atoms with van der Waals surface area (Å²) in [4.78, 5) is 3.18. The first-order chi connectivity index (χ1) is 11.7. The molecule has 0 aliphatic carbocycles. The lowest BCUT2D eigenvalue weighted by Gasteiger charge is -2.30.